The molecule has 4 heteroatoms. The molecule has 0 saturated carbocycles. The van der Waals surface area contributed by atoms with Gasteiger partial charge in [-0.3, -0.25) is 9.78 Å². The maximum Gasteiger partial charge on any atom is 0.224 e. The van der Waals surface area contributed by atoms with Crippen LogP contribution in [0.1, 0.15) is 17.5 Å². The molecule has 0 aliphatic carbocycles. The van der Waals surface area contributed by atoms with Gasteiger partial charge in [-0.05, 0) is 30.2 Å². The number of carbonyl (C=O) groups excluding carboxylic acids is 1. The lowest BCUT2D eigenvalue weighted by Crippen LogP contribution is -2.27. The largest absolute Gasteiger partial charge is 0.384 e. The number of hydrogen-bond donors (Lipinski definition) is 1. The molecule has 0 radical (unpaired) electrons. The second-order valence-electron chi connectivity index (χ2n) is 5.10. The second kappa shape index (κ2) is 7.43. The summed E-state index contributed by atoms with van der Waals surface area (Å²) in [5.41, 5.74) is 3.31. The van der Waals surface area contributed by atoms with Gasteiger partial charge < -0.3 is 10.2 Å². The number of benzene rings is 1. The summed E-state index contributed by atoms with van der Waals surface area (Å²) in [6.07, 6.45) is 4.00. The van der Waals surface area contributed by atoms with Crippen LogP contribution in [0.2, 0.25) is 0 Å². The van der Waals surface area contributed by atoms with Gasteiger partial charge in [-0.1, -0.05) is 24.3 Å². The zero-order chi connectivity index (χ0) is 15.1. The molecule has 2 rings (SSSR count). The molecule has 1 N–H and O–H groups in total. The van der Waals surface area contributed by atoms with E-state index in [1.807, 2.05) is 37.4 Å². The van der Waals surface area contributed by atoms with Crippen LogP contribution in [0, 0.1) is 6.92 Å². The lowest BCUT2D eigenvalue weighted by Gasteiger charge is -2.17. The van der Waals surface area contributed by atoms with Crippen LogP contribution in [0.25, 0.3) is 0 Å². The Morgan fingerprint density at radius 1 is 1.24 bits per heavy atom. The Balaban J connectivity index is 1.78. The van der Waals surface area contributed by atoms with Crippen molar-refractivity contribution in [2.75, 3.05) is 18.9 Å². The Morgan fingerprint density at radius 2 is 2.05 bits per heavy atom. The van der Waals surface area contributed by atoms with E-state index in [-0.39, 0.29) is 5.91 Å². The summed E-state index contributed by atoms with van der Waals surface area (Å²) in [6.45, 7) is 3.29. The third-order valence-electron chi connectivity index (χ3n) is 3.37. The predicted octanol–water partition coefficient (Wildman–Crippen LogP) is 2.85. The number of rotatable bonds is 6. The topological polar surface area (TPSA) is 45.2 Å². The van der Waals surface area contributed by atoms with Crippen LogP contribution in [0.15, 0.2) is 48.8 Å². The van der Waals surface area contributed by atoms with Crippen molar-refractivity contribution in [2.24, 2.45) is 0 Å². The predicted molar refractivity (Wildman–Crippen MR) is 85.0 cm³/mol. The fraction of sp³-hybridized carbons (Fsp3) is 0.294. The van der Waals surface area contributed by atoms with Gasteiger partial charge in [0.25, 0.3) is 0 Å². The van der Waals surface area contributed by atoms with Gasteiger partial charge in [0, 0.05) is 44.6 Å². The summed E-state index contributed by atoms with van der Waals surface area (Å²) in [5.74, 6) is 0.125. The van der Waals surface area contributed by atoms with Gasteiger partial charge in [-0.15, -0.1) is 0 Å². The van der Waals surface area contributed by atoms with Gasteiger partial charge in [0.1, 0.15) is 0 Å². The zero-order valence-corrected chi connectivity index (χ0v) is 12.5. The molecular formula is C17H21N3O. The molecule has 110 valence electrons. The molecule has 1 aromatic heterocycles. The van der Waals surface area contributed by atoms with E-state index in [9.17, 15) is 4.79 Å². The lowest BCUT2D eigenvalue weighted by molar-refractivity contribution is -0.130. The van der Waals surface area contributed by atoms with E-state index >= 15 is 0 Å². The number of aromatic nitrogens is 1. The fourth-order valence-electron chi connectivity index (χ4n) is 2.12. The second-order valence-corrected chi connectivity index (χ2v) is 5.10. The molecule has 1 amide bonds. The Bertz CT molecular complexity index is 584. The smallest absolute Gasteiger partial charge is 0.224 e. The average molecular weight is 283 g/mol. The van der Waals surface area contributed by atoms with Crippen molar-refractivity contribution in [1.82, 2.24) is 9.88 Å². The van der Waals surface area contributed by atoms with Crippen molar-refractivity contribution >= 4 is 11.6 Å². The number of hydrogen-bond acceptors (Lipinski definition) is 3. The molecule has 0 saturated heterocycles. The molecule has 0 aliphatic rings. The van der Waals surface area contributed by atoms with Crippen molar-refractivity contribution in [3.63, 3.8) is 0 Å². The van der Waals surface area contributed by atoms with Crippen LogP contribution in [0.4, 0.5) is 5.69 Å². The van der Waals surface area contributed by atoms with Crippen LogP contribution >= 0.6 is 0 Å². The van der Waals surface area contributed by atoms with Gasteiger partial charge in [-0.2, -0.15) is 0 Å². The van der Waals surface area contributed by atoms with Crippen LogP contribution in [-0.2, 0) is 11.3 Å². The third-order valence-corrected chi connectivity index (χ3v) is 3.37. The summed E-state index contributed by atoms with van der Waals surface area (Å²) < 4.78 is 0. The normalized spacial score (nSPS) is 10.2. The molecule has 0 aliphatic heterocycles. The minimum atomic E-state index is 0.125. The van der Waals surface area contributed by atoms with E-state index in [0.717, 1.165) is 11.3 Å². The van der Waals surface area contributed by atoms with E-state index in [4.69, 9.17) is 0 Å². The Kier molecular flexibility index (Phi) is 5.32. The standard InChI is InChI=1S/C17H21N3O/c1-14-6-3-4-8-16(14)19-11-9-17(21)20(2)13-15-7-5-10-18-12-15/h3-8,10,12,19H,9,11,13H2,1-2H3. The maximum atomic E-state index is 12.1. The van der Waals surface area contributed by atoms with E-state index < -0.39 is 0 Å². The van der Waals surface area contributed by atoms with Crippen molar-refractivity contribution in [3.05, 3.63) is 59.9 Å². The van der Waals surface area contributed by atoms with Crippen LogP contribution in [0.5, 0.6) is 0 Å². The molecule has 0 bridgehead atoms. The molecule has 0 unspecified atom stereocenters. The lowest BCUT2D eigenvalue weighted by atomic mass is 10.2. The van der Waals surface area contributed by atoms with Crippen molar-refractivity contribution in [1.29, 1.82) is 0 Å². The summed E-state index contributed by atoms with van der Waals surface area (Å²) >= 11 is 0. The molecule has 1 heterocycles. The Morgan fingerprint density at radius 3 is 2.76 bits per heavy atom. The summed E-state index contributed by atoms with van der Waals surface area (Å²) in [6, 6.07) is 11.9. The summed E-state index contributed by atoms with van der Waals surface area (Å²) in [5, 5.41) is 3.30. The highest BCUT2D eigenvalue weighted by Crippen LogP contribution is 2.13. The van der Waals surface area contributed by atoms with Gasteiger partial charge >= 0.3 is 0 Å². The average Bonchev–Trinajstić information content (AvgIpc) is 2.50. The van der Waals surface area contributed by atoms with Crippen molar-refractivity contribution < 1.29 is 4.79 Å². The maximum absolute atomic E-state index is 12.1. The van der Waals surface area contributed by atoms with E-state index in [1.54, 1.807) is 17.3 Å². The Labute approximate surface area is 125 Å². The first-order chi connectivity index (χ1) is 10.2. The van der Waals surface area contributed by atoms with E-state index in [1.165, 1.54) is 5.56 Å². The number of pyridine rings is 1. The molecule has 2 aromatic rings. The number of aryl methyl sites for hydroxylation is 1. The highest BCUT2D eigenvalue weighted by atomic mass is 16.2. The minimum absolute atomic E-state index is 0.125. The molecule has 0 atom stereocenters. The highest BCUT2D eigenvalue weighted by molar-refractivity contribution is 5.76. The Hall–Kier alpha value is -2.36. The molecule has 4 nitrogen and oxygen atoms in total. The quantitative estimate of drug-likeness (QED) is 0.886. The van der Waals surface area contributed by atoms with E-state index in [2.05, 4.69) is 23.3 Å². The van der Waals surface area contributed by atoms with E-state index in [0.29, 0.717) is 19.5 Å². The van der Waals surface area contributed by atoms with Gasteiger partial charge in [-0.25, -0.2) is 0 Å². The van der Waals surface area contributed by atoms with Crippen LogP contribution in [-0.4, -0.2) is 29.4 Å². The number of amides is 1. The minimum Gasteiger partial charge on any atom is -0.384 e. The van der Waals surface area contributed by atoms with Gasteiger partial charge in [0.05, 0.1) is 0 Å². The first-order valence-corrected chi connectivity index (χ1v) is 7.09. The molecule has 0 fully saturated rings. The molecule has 0 spiro atoms. The monoisotopic (exact) mass is 283 g/mol. The molecule has 1 aromatic carbocycles. The third kappa shape index (κ3) is 4.60. The van der Waals surface area contributed by atoms with Crippen LogP contribution < -0.4 is 5.32 Å². The summed E-state index contributed by atoms with van der Waals surface area (Å²) in [4.78, 5) is 17.9. The number of carbonyl (C=O) groups is 1. The first kappa shape index (κ1) is 15.0. The number of nitrogens with one attached hydrogen (secondary N) is 1. The van der Waals surface area contributed by atoms with Crippen LogP contribution in [0.3, 0.4) is 0 Å². The number of para-hydroxylation sites is 1. The molecular weight excluding hydrogens is 262 g/mol. The summed E-state index contributed by atoms with van der Waals surface area (Å²) in [7, 11) is 1.82. The van der Waals surface area contributed by atoms with Crippen molar-refractivity contribution in [3.8, 4) is 0 Å². The zero-order valence-electron chi connectivity index (χ0n) is 12.5. The van der Waals surface area contributed by atoms with Gasteiger partial charge in [0.2, 0.25) is 5.91 Å². The SMILES string of the molecule is Cc1ccccc1NCCC(=O)N(C)Cc1cccnc1. The number of nitrogens with zero attached hydrogens (tertiary/aromatic N) is 2. The van der Waals surface area contributed by atoms with Gasteiger partial charge in [0.15, 0.2) is 0 Å². The number of anilines is 1. The first-order valence-electron chi connectivity index (χ1n) is 7.09. The highest BCUT2D eigenvalue weighted by Gasteiger charge is 2.09. The van der Waals surface area contributed by atoms with Crippen molar-refractivity contribution in [2.45, 2.75) is 19.9 Å². The fourth-order valence-corrected chi connectivity index (χ4v) is 2.12. The molecule has 21 heavy (non-hydrogen) atoms.